The van der Waals surface area contributed by atoms with Crippen LogP contribution in [0.2, 0.25) is 0 Å². The number of alkyl halides is 3. The molecule has 10 heteroatoms. The molecular formula is C19H24F3IN4O2. The van der Waals surface area contributed by atoms with Crippen molar-refractivity contribution in [1.29, 1.82) is 0 Å². The zero-order valence-electron chi connectivity index (χ0n) is 15.8. The van der Waals surface area contributed by atoms with E-state index in [9.17, 15) is 18.3 Å². The van der Waals surface area contributed by atoms with Crippen LogP contribution in [0.5, 0.6) is 5.75 Å². The summed E-state index contributed by atoms with van der Waals surface area (Å²) in [7, 11) is 0. The van der Waals surface area contributed by atoms with E-state index < -0.39 is 12.5 Å². The third kappa shape index (κ3) is 9.79. The van der Waals surface area contributed by atoms with Gasteiger partial charge in [0, 0.05) is 31.4 Å². The Balaban J connectivity index is 0.00000420. The summed E-state index contributed by atoms with van der Waals surface area (Å²) in [6.07, 6.45) is -3.25. The summed E-state index contributed by atoms with van der Waals surface area (Å²) >= 11 is 0. The molecule has 2 aromatic rings. The zero-order chi connectivity index (χ0) is 20.4. The van der Waals surface area contributed by atoms with Gasteiger partial charge in [-0.2, -0.15) is 0 Å². The fraction of sp³-hybridized carbons (Fsp3) is 0.368. The van der Waals surface area contributed by atoms with Crippen LogP contribution >= 0.6 is 24.0 Å². The molecule has 1 atom stereocenters. The van der Waals surface area contributed by atoms with Crippen LogP contribution in [-0.4, -0.2) is 42.0 Å². The molecule has 3 N–H and O–H groups in total. The molecule has 0 saturated carbocycles. The summed E-state index contributed by atoms with van der Waals surface area (Å²) in [6, 6.07) is 10.8. The van der Waals surface area contributed by atoms with Gasteiger partial charge < -0.3 is 20.5 Å². The molecule has 1 aromatic carbocycles. The third-order valence-electron chi connectivity index (χ3n) is 3.66. The Hall–Kier alpha value is -2.08. The molecule has 1 aromatic heterocycles. The summed E-state index contributed by atoms with van der Waals surface area (Å²) in [6.45, 7) is 3.24. The van der Waals surface area contributed by atoms with Crippen molar-refractivity contribution in [2.75, 3.05) is 19.6 Å². The topological polar surface area (TPSA) is 78.8 Å². The van der Waals surface area contributed by atoms with E-state index in [0.29, 0.717) is 31.0 Å². The maximum atomic E-state index is 12.2. The number of rotatable bonds is 8. The third-order valence-corrected chi connectivity index (χ3v) is 3.66. The van der Waals surface area contributed by atoms with Crippen molar-refractivity contribution in [2.45, 2.75) is 25.8 Å². The molecule has 0 spiro atoms. The predicted octanol–water partition coefficient (Wildman–Crippen LogP) is 3.43. The number of pyridine rings is 1. The lowest BCUT2D eigenvalue weighted by atomic mass is 10.1. The van der Waals surface area contributed by atoms with E-state index >= 15 is 0 Å². The van der Waals surface area contributed by atoms with Gasteiger partial charge in [-0.15, -0.1) is 37.1 Å². The largest absolute Gasteiger partial charge is 0.573 e. The first-order valence-corrected chi connectivity index (χ1v) is 8.83. The highest BCUT2D eigenvalue weighted by atomic mass is 127. The molecule has 0 aliphatic carbocycles. The Kier molecular flexibility index (Phi) is 10.7. The first kappa shape index (κ1) is 25.0. The van der Waals surface area contributed by atoms with Crippen LogP contribution in [0.4, 0.5) is 13.2 Å². The van der Waals surface area contributed by atoms with Gasteiger partial charge in [0.1, 0.15) is 5.75 Å². The van der Waals surface area contributed by atoms with Gasteiger partial charge >= 0.3 is 6.36 Å². The SMILES string of the molecule is CCNC(=NCC(O)c1ccc(OC(F)(F)F)cc1)NCCc1ccccn1.I. The average Bonchev–Trinajstić information content (AvgIpc) is 2.66. The van der Waals surface area contributed by atoms with Crippen LogP contribution < -0.4 is 15.4 Å². The maximum Gasteiger partial charge on any atom is 0.573 e. The summed E-state index contributed by atoms with van der Waals surface area (Å²) in [5.74, 6) is 0.200. The van der Waals surface area contributed by atoms with E-state index in [2.05, 4.69) is 25.3 Å². The van der Waals surface area contributed by atoms with Crippen molar-refractivity contribution in [1.82, 2.24) is 15.6 Å². The van der Waals surface area contributed by atoms with Gasteiger partial charge in [0.2, 0.25) is 0 Å². The van der Waals surface area contributed by atoms with Crippen LogP contribution in [0.3, 0.4) is 0 Å². The fourth-order valence-electron chi connectivity index (χ4n) is 2.37. The number of nitrogens with one attached hydrogen (secondary N) is 2. The van der Waals surface area contributed by atoms with E-state index in [4.69, 9.17) is 0 Å². The van der Waals surface area contributed by atoms with Crippen LogP contribution in [0.15, 0.2) is 53.7 Å². The molecular weight excluding hydrogens is 500 g/mol. The average molecular weight is 524 g/mol. The molecule has 29 heavy (non-hydrogen) atoms. The van der Waals surface area contributed by atoms with Crippen molar-refractivity contribution >= 4 is 29.9 Å². The number of aromatic nitrogens is 1. The second kappa shape index (κ2) is 12.5. The molecule has 0 fully saturated rings. The number of guanidine groups is 1. The Morgan fingerprint density at radius 1 is 1.17 bits per heavy atom. The standard InChI is InChI=1S/C19H23F3N4O2.HI/c1-2-23-18(25-12-10-15-5-3-4-11-24-15)26-13-17(27)14-6-8-16(9-7-14)28-19(20,21)22;/h3-9,11,17,27H,2,10,12-13H2,1H3,(H2,23,25,26);1H. The van der Waals surface area contributed by atoms with Gasteiger partial charge in [0.05, 0.1) is 12.6 Å². The highest BCUT2D eigenvalue weighted by Crippen LogP contribution is 2.24. The first-order valence-electron chi connectivity index (χ1n) is 8.83. The Labute approximate surface area is 184 Å². The monoisotopic (exact) mass is 524 g/mol. The Morgan fingerprint density at radius 3 is 2.48 bits per heavy atom. The molecule has 1 heterocycles. The number of benzene rings is 1. The summed E-state index contributed by atoms with van der Waals surface area (Å²) < 4.78 is 40.4. The summed E-state index contributed by atoms with van der Waals surface area (Å²) in [5.41, 5.74) is 1.40. The van der Waals surface area contributed by atoms with E-state index in [1.54, 1.807) is 6.20 Å². The summed E-state index contributed by atoms with van der Waals surface area (Å²) in [4.78, 5) is 8.56. The van der Waals surface area contributed by atoms with E-state index in [1.807, 2.05) is 25.1 Å². The molecule has 0 aliphatic rings. The zero-order valence-corrected chi connectivity index (χ0v) is 18.1. The molecule has 0 bridgehead atoms. The minimum absolute atomic E-state index is 0. The second-order valence-corrected chi connectivity index (χ2v) is 5.85. The van der Waals surface area contributed by atoms with Gasteiger partial charge in [-0.3, -0.25) is 9.98 Å². The lowest BCUT2D eigenvalue weighted by Gasteiger charge is -2.14. The van der Waals surface area contributed by atoms with Crippen molar-refractivity contribution in [3.05, 3.63) is 59.9 Å². The van der Waals surface area contributed by atoms with Gasteiger partial charge in [-0.25, -0.2) is 0 Å². The molecule has 1 unspecified atom stereocenters. The number of hydrogen-bond donors (Lipinski definition) is 3. The highest BCUT2D eigenvalue weighted by Gasteiger charge is 2.31. The van der Waals surface area contributed by atoms with Gasteiger partial charge in [-0.1, -0.05) is 18.2 Å². The fourth-order valence-corrected chi connectivity index (χ4v) is 2.37. The van der Waals surface area contributed by atoms with E-state index in [1.165, 1.54) is 12.1 Å². The van der Waals surface area contributed by atoms with Crippen molar-refractivity contribution < 1.29 is 23.0 Å². The molecule has 160 valence electrons. The van der Waals surface area contributed by atoms with Crippen molar-refractivity contribution in [2.24, 2.45) is 4.99 Å². The van der Waals surface area contributed by atoms with Crippen LogP contribution in [-0.2, 0) is 6.42 Å². The quantitative estimate of drug-likeness (QED) is 0.280. The lowest BCUT2D eigenvalue weighted by Crippen LogP contribution is -2.38. The number of hydrogen-bond acceptors (Lipinski definition) is 4. The first-order chi connectivity index (χ1) is 13.4. The predicted molar refractivity (Wildman–Crippen MR) is 115 cm³/mol. The lowest BCUT2D eigenvalue weighted by molar-refractivity contribution is -0.274. The molecule has 0 saturated heterocycles. The van der Waals surface area contributed by atoms with Crippen molar-refractivity contribution in [3.63, 3.8) is 0 Å². The molecule has 2 rings (SSSR count). The van der Waals surface area contributed by atoms with Gasteiger partial charge in [0.15, 0.2) is 5.96 Å². The summed E-state index contributed by atoms with van der Waals surface area (Å²) in [5, 5.41) is 16.5. The number of halogens is 4. The number of aliphatic hydroxyl groups excluding tert-OH is 1. The number of aliphatic imine (C=N–C) groups is 1. The van der Waals surface area contributed by atoms with Crippen LogP contribution in [0.1, 0.15) is 24.3 Å². The minimum atomic E-state index is -4.74. The molecule has 0 aliphatic heterocycles. The number of aliphatic hydroxyl groups is 1. The van der Waals surface area contributed by atoms with Gasteiger partial charge in [-0.05, 0) is 36.8 Å². The number of ether oxygens (including phenoxy) is 1. The normalized spacial score (nSPS) is 12.7. The van der Waals surface area contributed by atoms with Crippen molar-refractivity contribution in [3.8, 4) is 5.75 Å². The minimum Gasteiger partial charge on any atom is -0.406 e. The maximum absolute atomic E-state index is 12.2. The number of nitrogens with zero attached hydrogens (tertiary/aromatic N) is 2. The molecule has 6 nitrogen and oxygen atoms in total. The second-order valence-electron chi connectivity index (χ2n) is 5.85. The van der Waals surface area contributed by atoms with Gasteiger partial charge in [0.25, 0.3) is 0 Å². The van der Waals surface area contributed by atoms with E-state index in [0.717, 1.165) is 17.8 Å². The Morgan fingerprint density at radius 2 is 1.90 bits per heavy atom. The van der Waals surface area contributed by atoms with E-state index in [-0.39, 0.29) is 36.3 Å². The molecule has 0 amide bonds. The van der Waals surface area contributed by atoms with Crippen LogP contribution in [0.25, 0.3) is 0 Å². The highest BCUT2D eigenvalue weighted by molar-refractivity contribution is 14.0. The smallest absolute Gasteiger partial charge is 0.406 e. The Bertz CT molecular complexity index is 743. The molecule has 0 radical (unpaired) electrons. The van der Waals surface area contributed by atoms with Crippen LogP contribution in [0, 0.1) is 0 Å².